The monoisotopic (exact) mass is 302 g/mol. The van der Waals surface area contributed by atoms with E-state index in [9.17, 15) is 0 Å². The van der Waals surface area contributed by atoms with Crippen molar-refractivity contribution in [1.82, 2.24) is 0 Å². The van der Waals surface area contributed by atoms with Crippen molar-refractivity contribution < 1.29 is 4.74 Å². The molecule has 21 heavy (non-hydrogen) atoms. The van der Waals surface area contributed by atoms with Crippen LogP contribution in [0.25, 0.3) is 5.57 Å². The maximum absolute atomic E-state index is 6.41. The fourth-order valence-corrected chi connectivity index (χ4v) is 2.50. The molecule has 1 nitrogen and oxygen atoms in total. The molecular weight excluding hydrogens is 280 g/mol. The highest BCUT2D eigenvalue weighted by atomic mass is 35.5. The second-order valence-electron chi connectivity index (χ2n) is 4.62. The Bertz CT molecular complexity index is 553. The molecule has 1 aromatic rings. The van der Waals surface area contributed by atoms with E-state index in [1.807, 2.05) is 30.4 Å². The third-order valence-electron chi connectivity index (χ3n) is 3.23. The number of allylic oxidation sites excluding steroid dienone is 6. The van der Waals surface area contributed by atoms with Crippen LogP contribution in [0, 0.1) is 0 Å². The third-order valence-corrected chi connectivity index (χ3v) is 3.54. The Balaban J connectivity index is 3.30. The molecule has 0 aromatic heterocycles. The summed E-state index contributed by atoms with van der Waals surface area (Å²) in [4.78, 5) is 0. The zero-order chi connectivity index (χ0) is 15.7. The van der Waals surface area contributed by atoms with Gasteiger partial charge in [0.05, 0.1) is 12.1 Å². The summed E-state index contributed by atoms with van der Waals surface area (Å²) < 4.78 is 5.21. The van der Waals surface area contributed by atoms with Crippen LogP contribution in [0.3, 0.4) is 0 Å². The summed E-state index contributed by atoms with van der Waals surface area (Å²) in [7, 11) is 1.64. The normalized spacial score (nSPS) is 12.1. The first-order chi connectivity index (χ1) is 10.2. The number of ether oxygens (including phenoxy) is 1. The minimum atomic E-state index is 0.713. The lowest BCUT2D eigenvalue weighted by atomic mass is 9.95. The molecule has 0 heterocycles. The summed E-state index contributed by atoms with van der Waals surface area (Å²) in [5, 5.41) is 0.713. The van der Waals surface area contributed by atoms with Gasteiger partial charge in [0.15, 0.2) is 0 Å². The maximum atomic E-state index is 6.41. The van der Waals surface area contributed by atoms with E-state index in [4.69, 9.17) is 16.3 Å². The van der Waals surface area contributed by atoms with Crippen LogP contribution in [-0.2, 0) is 0 Å². The molecule has 0 saturated heterocycles. The first kappa shape index (κ1) is 17.3. The van der Waals surface area contributed by atoms with Crippen molar-refractivity contribution in [3.63, 3.8) is 0 Å². The van der Waals surface area contributed by atoms with Gasteiger partial charge in [-0.3, -0.25) is 0 Å². The highest BCUT2D eigenvalue weighted by Crippen LogP contribution is 2.33. The van der Waals surface area contributed by atoms with Crippen LogP contribution in [0.4, 0.5) is 0 Å². The van der Waals surface area contributed by atoms with E-state index < -0.39 is 0 Å². The van der Waals surface area contributed by atoms with E-state index in [-0.39, 0.29) is 0 Å². The Kier molecular flexibility index (Phi) is 7.63. The molecule has 0 bridgehead atoms. The van der Waals surface area contributed by atoms with Crippen molar-refractivity contribution in [1.29, 1.82) is 0 Å². The topological polar surface area (TPSA) is 9.23 Å². The number of rotatable bonds is 8. The molecule has 0 fully saturated rings. The summed E-state index contributed by atoms with van der Waals surface area (Å²) in [5.41, 5.74) is 3.53. The lowest BCUT2D eigenvalue weighted by Gasteiger charge is -2.13. The number of hydrogen-bond donors (Lipinski definition) is 0. The van der Waals surface area contributed by atoms with Gasteiger partial charge >= 0.3 is 0 Å². The van der Waals surface area contributed by atoms with Gasteiger partial charge in [-0.15, -0.1) is 13.2 Å². The molecule has 2 heteroatoms. The smallest absolute Gasteiger partial charge is 0.120 e. The lowest BCUT2D eigenvalue weighted by Crippen LogP contribution is -1.92. The first-order valence-electron chi connectivity index (χ1n) is 7.12. The van der Waals surface area contributed by atoms with Gasteiger partial charge in [0.25, 0.3) is 0 Å². The van der Waals surface area contributed by atoms with E-state index in [2.05, 4.69) is 32.2 Å². The average Bonchev–Trinajstić information content (AvgIpc) is 2.49. The number of hydrogen-bond acceptors (Lipinski definition) is 1. The second kappa shape index (κ2) is 9.25. The second-order valence-corrected chi connectivity index (χ2v) is 5.03. The quantitative estimate of drug-likeness (QED) is 0.409. The van der Waals surface area contributed by atoms with Crippen LogP contribution in [0.15, 0.2) is 61.2 Å². The van der Waals surface area contributed by atoms with E-state index >= 15 is 0 Å². The van der Waals surface area contributed by atoms with Gasteiger partial charge < -0.3 is 4.74 Å². The fraction of sp³-hybridized carbons (Fsp3) is 0.263. The van der Waals surface area contributed by atoms with E-state index in [0.717, 1.165) is 30.6 Å². The predicted octanol–water partition coefficient (Wildman–Crippen LogP) is 6.22. The van der Waals surface area contributed by atoms with Crippen molar-refractivity contribution in [3.8, 4) is 5.75 Å². The van der Waals surface area contributed by atoms with Crippen molar-refractivity contribution in [2.75, 3.05) is 7.11 Å². The Labute approximate surface area is 133 Å². The van der Waals surface area contributed by atoms with Gasteiger partial charge in [-0.1, -0.05) is 42.8 Å². The lowest BCUT2D eigenvalue weighted by molar-refractivity contribution is 0.415. The van der Waals surface area contributed by atoms with Gasteiger partial charge in [-0.05, 0) is 54.2 Å². The van der Waals surface area contributed by atoms with Gasteiger partial charge in [0, 0.05) is 0 Å². The molecule has 0 amide bonds. The molecule has 112 valence electrons. The highest BCUT2D eigenvalue weighted by molar-refractivity contribution is 6.32. The highest BCUT2D eigenvalue weighted by Gasteiger charge is 2.10. The summed E-state index contributed by atoms with van der Waals surface area (Å²) in [5.74, 6) is 0.770. The summed E-state index contributed by atoms with van der Waals surface area (Å²) in [6.45, 7) is 9.72. The number of benzene rings is 1. The summed E-state index contributed by atoms with van der Waals surface area (Å²) in [6, 6.07) is 5.81. The molecule has 0 aliphatic carbocycles. The largest absolute Gasteiger partial charge is 0.497 e. The van der Waals surface area contributed by atoms with Crippen LogP contribution < -0.4 is 4.74 Å². The molecule has 1 rings (SSSR count). The molecule has 1 aromatic carbocycles. The third kappa shape index (κ3) is 4.95. The zero-order valence-electron chi connectivity index (χ0n) is 12.9. The van der Waals surface area contributed by atoms with Gasteiger partial charge in [0.1, 0.15) is 5.75 Å². The van der Waals surface area contributed by atoms with E-state index in [1.54, 1.807) is 7.11 Å². The van der Waals surface area contributed by atoms with E-state index in [1.165, 1.54) is 11.1 Å². The molecule has 0 aliphatic heterocycles. The average molecular weight is 303 g/mol. The fourth-order valence-electron chi connectivity index (χ4n) is 2.21. The summed E-state index contributed by atoms with van der Waals surface area (Å²) >= 11 is 6.41. The Morgan fingerprint density at radius 2 is 2.05 bits per heavy atom. The van der Waals surface area contributed by atoms with Crippen molar-refractivity contribution in [3.05, 3.63) is 71.8 Å². The Morgan fingerprint density at radius 3 is 2.57 bits per heavy atom. The number of halogens is 1. The molecule has 0 saturated carbocycles. The van der Waals surface area contributed by atoms with Crippen LogP contribution in [0.1, 0.15) is 31.7 Å². The van der Waals surface area contributed by atoms with Gasteiger partial charge in [-0.2, -0.15) is 0 Å². The van der Waals surface area contributed by atoms with Crippen LogP contribution in [0.5, 0.6) is 5.75 Å². The number of methoxy groups -OCH3 is 1. The standard InChI is InChI=1S/C19H23ClO/c1-5-8-9-11-15(10-6-2)17(7-3)18-13-12-16(21-4)14-19(18)20/h5-6,9,11-14H,1-2,7-8,10H2,3-4H3. The van der Waals surface area contributed by atoms with Gasteiger partial charge in [0.2, 0.25) is 0 Å². The van der Waals surface area contributed by atoms with Crippen molar-refractivity contribution in [2.24, 2.45) is 0 Å². The first-order valence-corrected chi connectivity index (χ1v) is 7.49. The van der Waals surface area contributed by atoms with Crippen LogP contribution in [0.2, 0.25) is 5.02 Å². The maximum Gasteiger partial charge on any atom is 0.120 e. The van der Waals surface area contributed by atoms with Gasteiger partial charge in [-0.25, -0.2) is 0 Å². The molecule has 0 radical (unpaired) electrons. The summed E-state index contributed by atoms with van der Waals surface area (Å²) in [6.07, 6.45) is 10.6. The van der Waals surface area contributed by atoms with E-state index in [0.29, 0.717) is 5.02 Å². The van der Waals surface area contributed by atoms with Crippen molar-refractivity contribution >= 4 is 17.2 Å². The molecule has 0 unspecified atom stereocenters. The molecule has 0 spiro atoms. The van der Waals surface area contributed by atoms with Crippen LogP contribution >= 0.6 is 11.6 Å². The van der Waals surface area contributed by atoms with Crippen molar-refractivity contribution in [2.45, 2.75) is 26.2 Å². The molecular formula is C19H23ClO. The molecule has 0 atom stereocenters. The minimum Gasteiger partial charge on any atom is -0.497 e. The van der Waals surface area contributed by atoms with Crippen LogP contribution in [-0.4, -0.2) is 7.11 Å². The molecule has 0 aliphatic rings. The Morgan fingerprint density at radius 1 is 1.29 bits per heavy atom. The predicted molar refractivity (Wildman–Crippen MR) is 94.0 cm³/mol. The zero-order valence-corrected chi connectivity index (χ0v) is 13.6. The molecule has 0 N–H and O–H groups in total. The minimum absolute atomic E-state index is 0.713. The Hall–Kier alpha value is -1.73. The SMILES string of the molecule is C=CCC=CC(CC=C)=C(CC)c1ccc(OC)cc1Cl.